The van der Waals surface area contributed by atoms with E-state index in [-0.39, 0.29) is 18.9 Å². The Morgan fingerprint density at radius 2 is 2.19 bits per heavy atom. The van der Waals surface area contributed by atoms with E-state index in [1.54, 1.807) is 0 Å². The monoisotopic (exact) mass is 291 g/mol. The molecule has 0 aliphatic heterocycles. The smallest absolute Gasteiger partial charge is 0.257 e. The van der Waals surface area contributed by atoms with Crippen LogP contribution in [0, 0.1) is 11.3 Å². The van der Waals surface area contributed by atoms with Crippen LogP contribution < -0.4 is 20.1 Å². The lowest BCUT2D eigenvalue weighted by Crippen LogP contribution is -2.29. The second-order valence-corrected chi connectivity index (χ2v) is 4.25. The molecule has 6 heteroatoms. The summed E-state index contributed by atoms with van der Waals surface area (Å²) in [6.45, 7) is 3.25. The molecule has 0 saturated carbocycles. The molecule has 0 radical (unpaired) electrons. The summed E-state index contributed by atoms with van der Waals surface area (Å²) in [4.78, 5) is 11.6. The van der Waals surface area contributed by atoms with E-state index in [0.29, 0.717) is 31.2 Å². The van der Waals surface area contributed by atoms with Crippen molar-refractivity contribution in [1.82, 2.24) is 10.6 Å². The summed E-state index contributed by atoms with van der Waals surface area (Å²) in [6.07, 6.45) is 0.284. The zero-order valence-corrected chi connectivity index (χ0v) is 12.4. The van der Waals surface area contributed by atoms with E-state index in [0.717, 1.165) is 5.56 Å². The van der Waals surface area contributed by atoms with Crippen LogP contribution in [0.3, 0.4) is 0 Å². The number of para-hydroxylation sites is 1. The largest absolute Gasteiger partial charge is 0.490 e. The molecule has 1 amide bonds. The van der Waals surface area contributed by atoms with Gasteiger partial charge in [0.25, 0.3) is 5.91 Å². The van der Waals surface area contributed by atoms with Crippen molar-refractivity contribution in [1.29, 1.82) is 5.26 Å². The van der Waals surface area contributed by atoms with Crippen LogP contribution in [0.5, 0.6) is 11.5 Å². The quantitative estimate of drug-likeness (QED) is 0.668. The van der Waals surface area contributed by atoms with Crippen LogP contribution >= 0.6 is 0 Å². The third-order valence-electron chi connectivity index (χ3n) is 2.63. The van der Waals surface area contributed by atoms with E-state index < -0.39 is 0 Å². The maximum atomic E-state index is 11.6. The molecular formula is C15H21N3O3. The molecule has 0 heterocycles. The van der Waals surface area contributed by atoms with Gasteiger partial charge in [-0.25, -0.2) is 0 Å². The number of nitriles is 1. The van der Waals surface area contributed by atoms with Crippen LogP contribution in [0.1, 0.15) is 18.9 Å². The van der Waals surface area contributed by atoms with Crippen LogP contribution in [0.2, 0.25) is 0 Å². The van der Waals surface area contributed by atoms with Gasteiger partial charge in [-0.1, -0.05) is 12.1 Å². The molecule has 0 unspecified atom stereocenters. The van der Waals surface area contributed by atoms with Gasteiger partial charge < -0.3 is 20.1 Å². The highest BCUT2D eigenvalue weighted by Crippen LogP contribution is 2.31. The molecule has 0 aromatic heterocycles. The first kappa shape index (κ1) is 16.8. The van der Waals surface area contributed by atoms with Crippen molar-refractivity contribution in [2.75, 3.05) is 26.8 Å². The molecule has 0 aliphatic rings. The SMILES string of the molecule is CCOc1cccc(CNC)c1OCC(=O)NCCC#N. The van der Waals surface area contributed by atoms with Gasteiger partial charge in [0.2, 0.25) is 0 Å². The molecule has 0 fully saturated rings. The van der Waals surface area contributed by atoms with Crippen LogP contribution in [0.15, 0.2) is 18.2 Å². The summed E-state index contributed by atoms with van der Waals surface area (Å²) in [7, 11) is 1.84. The molecule has 1 aromatic rings. The summed E-state index contributed by atoms with van der Waals surface area (Å²) in [5, 5.41) is 14.1. The van der Waals surface area contributed by atoms with Crippen molar-refractivity contribution in [3.8, 4) is 17.6 Å². The number of rotatable bonds is 9. The Morgan fingerprint density at radius 3 is 2.86 bits per heavy atom. The normalized spacial score (nSPS) is 9.76. The number of hydrogen-bond donors (Lipinski definition) is 2. The maximum Gasteiger partial charge on any atom is 0.257 e. The molecule has 0 spiro atoms. The van der Waals surface area contributed by atoms with Gasteiger partial charge in [-0.3, -0.25) is 4.79 Å². The fourth-order valence-corrected chi connectivity index (χ4v) is 1.77. The third kappa shape index (κ3) is 5.71. The topological polar surface area (TPSA) is 83.4 Å². The van der Waals surface area contributed by atoms with Crippen LogP contribution in [-0.4, -0.2) is 32.7 Å². The van der Waals surface area contributed by atoms with Gasteiger partial charge in [-0.15, -0.1) is 0 Å². The van der Waals surface area contributed by atoms with Gasteiger partial charge in [0.15, 0.2) is 18.1 Å². The molecule has 1 rings (SSSR count). The number of hydrogen-bond acceptors (Lipinski definition) is 5. The van der Waals surface area contributed by atoms with Gasteiger partial charge in [0, 0.05) is 18.7 Å². The zero-order valence-electron chi connectivity index (χ0n) is 12.4. The van der Waals surface area contributed by atoms with Crippen molar-refractivity contribution in [2.45, 2.75) is 19.9 Å². The summed E-state index contributed by atoms with van der Waals surface area (Å²) < 4.78 is 11.1. The Kier molecular flexibility index (Phi) is 7.69. The number of benzene rings is 1. The highest BCUT2D eigenvalue weighted by molar-refractivity contribution is 5.77. The van der Waals surface area contributed by atoms with E-state index in [1.165, 1.54) is 0 Å². The van der Waals surface area contributed by atoms with Gasteiger partial charge in [0.1, 0.15) is 0 Å². The second-order valence-electron chi connectivity index (χ2n) is 4.25. The van der Waals surface area contributed by atoms with Crippen LogP contribution in [0.25, 0.3) is 0 Å². The number of carbonyl (C=O) groups is 1. The fourth-order valence-electron chi connectivity index (χ4n) is 1.77. The van der Waals surface area contributed by atoms with Gasteiger partial charge >= 0.3 is 0 Å². The second kappa shape index (κ2) is 9.61. The fraction of sp³-hybridized carbons (Fsp3) is 0.467. The van der Waals surface area contributed by atoms with Gasteiger partial charge in [0.05, 0.1) is 19.1 Å². The van der Waals surface area contributed by atoms with Crippen LogP contribution in [0.4, 0.5) is 0 Å². The van der Waals surface area contributed by atoms with Gasteiger partial charge in [-0.2, -0.15) is 5.26 Å². The maximum absolute atomic E-state index is 11.6. The molecule has 0 saturated heterocycles. The Morgan fingerprint density at radius 1 is 1.38 bits per heavy atom. The lowest BCUT2D eigenvalue weighted by atomic mass is 10.2. The minimum Gasteiger partial charge on any atom is -0.490 e. The van der Waals surface area contributed by atoms with Crippen molar-refractivity contribution in [2.24, 2.45) is 0 Å². The van der Waals surface area contributed by atoms with E-state index in [1.807, 2.05) is 38.2 Å². The Hall–Kier alpha value is -2.26. The highest BCUT2D eigenvalue weighted by atomic mass is 16.5. The Labute approximate surface area is 125 Å². The molecule has 2 N–H and O–H groups in total. The number of carbonyl (C=O) groups excluding carboxylic acids is 1. The third-order valence-corrected chi connectivity index (χ3v) is 2.63. The predicted octanol–water partition coefficient (Wildman–Crippen LogP) is 1.21. The van der Waals surface area contributed by atoms with Crippen molar-refractivity contribution >= 4 is 5.91 Å². The van der Waals surface area contributed by atoms with E-state index >= 15 is 0 Å². The average molecular weight is 291 g/mol. The van der Waals surface area contributed by atoms with E-state index in [4.69, 9.17) is 14.7 Å². The lowest BCUT2D eigenvalue weighted by Gasteiger charge is -2.15. The lowest BCUT2D eigenvalue weighted by molar-refractivity contribution is -0.123. The summed E-state index contributed by atoms with van der Waals surface area (Å²) in [5.74, 6) is 0.936. The number of nitrogens with zero attached hydrogens (tertiary/aromatic N) is 1. The average Bonchev–Trinajstić information content (AvgIpc) is 2.47. The molecular weight excluding hydrogens is 270 g/mol. The summed E-state index contributed by atoms with van der Waals surface area (Å²) >= 11 is 0. The van der Waals surface area contributed by atoms with Gasteiger partial charge in [-0.05, 0) is 20.0 Å². The zero-order chi connectivity index (χ0) is 15.5. The first-order valence-corrected chi connectivity index (χ1v) is 6.88. The van der Waals surface area contributed by atoms with Crippen molar-refractivity contribution in [3.63, 3.8) is 0 Å². The molecule has 114 valence electrons. The standard InChI is InChI=1S/C15H21N3O3/c1-3-20-13-7-4-6-12(10-17-2)15(13)21-11-14(19)18-9-5-8-16/h4,6-7,17H,3,5,9-11H2,1-2H3,(H,18,19). The molecule has 6 nitrogen and oxygen atoms in total. The minimum atomic E-state index is -0.257. The predicted molar refractivity (Wildman–Crippen MR) is 79.1 cm³/mol. The summed E-state index contributed by atoms with van der Waals surface area (Å²) in [5.41, 5.74) is 0.924. The number of ether oxygens (including phenoxy) is 2. The first-order chi connectivity index (χ1) is 10.2. The van der Waals surface area contributed by atoms with E-state index in [9.17, 15) is 4.79 Å². The molecule has 0 atom stereocenters. The number of amides is 1. The molecule has 0 aliphatic carbocycles. The Balaban J connectivity index is 2.70. The van der Waals surface area contributed by atoms with Crippen molar-refractivity contribution in [3.05, 3.63) is 23.8 Å². The molecule has 0 bridgehead atoms. The first-order valence-electron chi connectivity index (χ1n) is 6.88. The highest BCUT2D eigenvalue weighted by Gasteiger charge is 2.12. The molecule has 1 aromatic carbocycles. The number of nitrogens with one attached hydrogen (secondary N) is 2. The Bertz CT molecular complexity index is 473. The van der Waals surface area contributed by atoms with Crippen molar-refractivity contribution < 1.29 is 14.3 Å². The molecule has 21 heavy (non-hydrogen) atoms. The summed E-state index contributed by atoms with van der Waals surface area (Å²) in [6, 6.07) is 7.58. The van der Waals surface area contributed by atoms with Crippen LogP contribution in [-0.2, 0) is 11.3 Å². The minimum absolute atomic E-state index is 0.105. The van der Waals surface area contributed by atoms with E-state index in [2.05, 4.69) is 10.6 Å².